The van der Waals surface area contributed by atoms with Crippen molar-refractivity contribution in [3.63, 3.8) is 0 Å². The van der Waals surface area contributed by atoms with Crippen molar-refractivity contribution < 1.29 is 32.4 Å². The van der Waals surface area contributed by atoms with Gasteiger partial charge < -0.3 is 26.2 Å². The van der Waals surface area contributed by atoms with Crippen molar-refractivity contribution >= 4 is 39.4 Å². The highest BCUT2D eigenvalue weighted by Crippen LogP contribution is 2.65. The molecule has 0 bridgehead atoms. The Labute approximate surface area is 304 Å². The van der Waals surface area contributed by atoms with E-state index in [1.165, 1.54) is 0 Å². The lowest BCUT2D eigenvalue weighted by molar-refractivity contribution is -0.146. The molecule has 2 saturated heterocycles. The average molecular weight is 730 g/mol. The van der Waals surface area contributed by atoms with E-state index in [1.807, 2.05) is 13.8 Å². The average Bonchev–Trinajstić information content (AvgIpc) is 3.39. The number of carbonyl (C=O) groups is 5. The molecule has 2 heterocycles. The highest BCUT2D eigenvalue weighted by Gasteiger charge is 2.70. The third-order valence-electron chi connectivity index (χ3n) is 13.1. The zero-order chi connectivity index (χ0) is 37.2. The normalized spacial score (nSPS) is 29.6. The summed E-state index contributed by atoms with van der Waals surface area (Å²) in [6.07, 6.45) is 16.0. The molecule has 0 aromatic carbocycles. The van der Waals surface area contributed by atoms with Gasteiger partial charge in [0, 0.05) is 6.54 Å². The zero-order valence-electron chi connectivity index (χ0n) is 31.0. The maximum Gasteiger partial charge on any atom is 0.315 e. The molecule has 2 aliphatic heterocycles. The van der Waals surface area contributed by atoms with Gasteiger partial charge in [-0.2, -0.15) is 0 Å². The molecule has 12 nitrogen and oxygen atoms in total. The number of nitrogens with one attached hydrogen (secondary N) is 4. The molecule has 3 saturated carbocycles. The van der Waals surface area contributed by atoms with Gasteiger partial charge in [0.2, 0.25) is 17.6 Å². The summed E-state index contributed by atoms with van der Waals surface area (Å²) in [6.45, 7) is 8.24. The minimum atomic E-state index is -3.40. The van der Waals surface area contributed by atoms with Crippen LogP contribution in [0, 0.1) is 35.0 Å². The van der Waals surface area contributed by atoms with Crippen LogP contribution in [0.25, 0.3) is 0 Å². The fraction of sp³-hybridized carbons (Fsp3) is 0.816. The number of hydrogen-bond donors (Lipinski definition) is 4. The summed E-state index contributed by atoms with van der Waals surface area (Å²) in [6, 6.07) is -3.44. The summed E-state index contributed by atoms with van der Waals surface area (Å²) in [5, 5.41) is 10.8. The van der Waals surface area contributed by atoms with Crippen molar-refractivity contribution in [1.29, 1.82) is 0 Å². The van der Waals surface area contributed by atoms with Crippen LogP contribution >= 0.6 is 0 Å². The second-order valence-corrected chi connectivity index (χ2v) is 19.1. The van der Waals surface area contributed by atoms with Gasteiger partial charge in [-0.3, -0.25) is 19.2 Å². The Morgan fingerprint density at radius 1 is 0.902 bits per heavy atom. The van der Waals surface area contributed by atoms with Crippen LogP contribution in [0.4, 0.5) is 4.79 Å². The first kappa shape index (κ1) is 39.1. The first-order chi connectivity index (χ1) is 24.1. The minimum Gasteiger partial charge on any atom is -0.344 e. The molecule has 5 amide bonds. The number of piperidine rings is 1. The monoisotopic (exact) mass is 729 g/mol. The Balaban J connectivity index is 1.41. The zero-order valence-corrected chi connectivity index (χ0v) is 31.8. The van der Waals surface area contributed by atoms with Gasteiger partial charge in [0.25, 0.3) is 5.91 Å². The number of amides is 5. The van der Waals surface area contributed by atoms with Crippen LogP contribution in [-0.4, -0.2) is 90.6 Å². The molecule has 1 unspecified atom stereocenters. The Morgan fingerprint density at radius 2 is 1.55 bits per heavy atom. The SMILES string of the molecule is C#CCNC(=O)C(=O)[C@H](CCC)NC(=O)[C@@H]1[C@@H]2[C@H](CN1C(=O)[C@@H](NC(=O)NC1(C3CCCCS3(=O)=O)CCCCC1)C1(C)CCCCC1)C2(C)C. The number of terminal acetylenes is 1. The van der Waals surface area contributed by atoms with E-state index in [1.54, 1.807) is 4.90 Å². The van der Waals surface area contributed by atoms with E-state index in [-0.39, 0.29) is 41.9 Å². The van der Waals surface area contributed by atoms with Crippen molar-refractivity contribution in [2.24, 2.45) is 22.7 Å². The number of sulfone groups is 1. The van der Waals surface area contributed by atoms with Gasteiger partial charge in [0.15, 0.2) is 9.84 Å². The smallest absolute Gasteiger partial charge is 0.315 e. The van der Waals surface area contributed by atoms with Crippen LogP contribution in [0.15, 0.2) is 0 Å². The Bertz CT molecular complexity index is 1510. The summed E-state index contributed by atoms with van der Waals surface area (Å²) in [5.41, 5.74) is -1.68. The van der Waals surface area contributed by atoms with Gasteiger partial charge in [-0.1, -0.05) is 85.0 Å². The number of ketones is 1. The van der Waals surface area contributed by atoms with Crippen LogP contribution in [0.2, 0.25) is 0 Å². The first-order valence-corrected chi connectivity index (χ1v) is 21.0. The predicted octanol–water partition coefficient (Wildman–Crippen LogP) is 3.38. The number of urea groups is 1. The van der Waals surface area contributed by atoms with E-state index in [4.69, 9.17) is 6.42 Å². The molecule has 5 fully saturated rings. The molecule has 51 heavy (non-hydrogen) atoms. The molecular weight excluding hydrogens is 671 g/mol. The molecule has 4 N–H and O–H groups in total. The van der Waals surface area contributed by atoms with Crippen molar-refractivity contribution in [2.75, 3.05) is 18.8 Å². The quantitative estimate of drug-likeness (QED) is 0.176. The maximum atomic E-state index is 14.9. The number of likely N-dealkylation sites (tertiary alicyclic amines) is 1. The van der Waals surface area contributed by atoms with Crippen LogP contribution in [-0.2, 0) is 29.0 Å². The molecule has 0 aromatic heterocycles. The van der Waals surface area contributed by atoms with Crippen molar-refractivity contribution in [2.45, 2.75) is 153 Å². The summed E-state index contributed by atoms with van der Waals surface area (Å²) in [7, 11) is -3.40. The predicted molar refractivity (Wildman–Crippen MR) is 194 cm³/mol. The molecule has 3 aliphatic carbocycles. The Morgan fingerprint density at radius 3 is 2.16 bits per heavy atom. The third-order valence-corrected chi connectivity index (χ3v) is 15.5. The van der Waals surface area contributed by atoms with Gasteiger partial charge in [-0.25, -0.2) is 13.2 Å². The Kier molecular flexibility index (Phi) is 11.8. The van der Waals surface area contributed by atoms with Crippen LogP contribution in [0.5, 0.6) is 0 Å². The highest BCUT2D eigenvalue weighted by molar-refractivity contribution is 7.92. The fourth-order valence-electron chi connectivity index (χ4n) is 10.0. The molecule has 284 valence electrons. The van der Waals surface area contributed by atoms with Crippen molar-refractivity contribution in [3.05, 3.63) is 0 Å². The molecule has 0 radical (unpaired) electrons. The lowest BCUT2D eigenvalue weighted by Gasteiger charge is -2.46. The number of nitrogens with zero attached hydrogens (tertiary/aromatic N) is 1. The van der Waals surface area contributed by atoms with E-state index in [2.05, 4.69) is 41.0 Å². The van der Waals surface area contributed by atoms with Crippen LogP contribution < -0.4 is 21.3 Å². The number of carbonyl (C=O) groups excluding carboxylic acids is 5. The number of fused-ring (bicyclic) bond motifs is 1. The largest absolute Gasteiger partial charge is 0.344 e. The third kappa shape index (κ3) is 7.96. The Hall–Kier alpha value is -3.14. The first-order valence-electron chi connectivity index (χ1n) is 19.3. The van der Waals surface area contributed by atoms with Crippen molar-refractivity contribution in [1.82, 2.24) is 26.2 Å². The van der Waals surface area contributed by atoms with E-state index >= 15 is 0 Å². The maximum absolute atomic E-state index is 14.9. The molecule has 13 heteroatoms. The second kappa shape index (κ2) is 15.5. The number of hydrogen-bond acceptors (Lipinski definition) is 7. The van der Waals surface area contributed by atoms with E-state index in [0.29, 0.717) is 51.5 Å². The molecule has 5 rings (SSSR count). The molecule has 0 aromatic rings. The molecule has 0 spiro atoms. The molecule has 5 aliphatic rings. The summed E-state index contributed by atoms with van der Waals surface area (Å²) in [5.74, 6) is -0.175. The molecular formula is C38H59N5O7S. The fourth-order valence-corrected chi connectivity index (χ4v) is 12.4. The topological polar surface area (TPSA) is 171 Å². The van der Waals surface area contributed by atoms with E-state index in [0.717, 1.165) is 44.9 Å². The van der Waals surface area contributed by atoms with Gasteiger partial charge in [0.1, 0.15) is 12.1 Å². The van der Waals surface area contributed by atoms with Gasteiger partial charge in [0.05, 0.1) is 29.1 Å². The molecule has 6 atom stereocenters. The summed E-state index contributed by atoms with van der Waals surface area (Å²) >= 11 is 0. The van der Waals surface area contributed by atoms with Crippen LogP contribution in [0.1, 0.15) is 124 Å². The van der Waals surface area contributed by atoms with Gasteiger partial charge in [-0.05, 0) is 67.6 Å². The standard InChI is InChI=1S/C38H59N5O7S/c1-6-16-26(30(44)33(46)39-22-7-2)40-32(45)29-28-25(36(28,3)4)24-43(29)34(47)31(37(5)18-11-8-12-19-37)41-35(48)42-38(20-13-9-14-21-38)27-17-10-15-23-51(27,49)50/h2,25-29,31H,6,8-24H2,1,3-5H3,(H,39,46)(H,40,45)(H2,41,42,48)/t25-,26-,27?,28-,29-,31+/m0/s1. The van der Waals surface area contributed by atoms with Gasteiger partial charge in [-0.15, -0.1) is 6.42 Å². The minimum absolute atomic E-state index is 0.0621. The van der Waals surface area contributed by atoms with E-state index in [9.17, 15) is 32.4 Å². The van der Waals surface area contributed by atoms with Crippen molar-refractivity contribution in [3.8, 4) is 12.3 Å². The summed E-state index contributed by atoms with van der Waals surface area (Å²) in [4.78, 5) is 70.4. The lowest BCUT2D eigenvalue weighted by atomic mass is 9.70. The van der Waals surface area contributed by atoms with Crippen LogP contribution in [0.3, 0.4) is 0 Å². The number of rotatable bonds is 12. The number of Topliss-reactive ketones (excluding diaryl/α,β-unsaturated/α-hetero) is 1. The van der Waals surface area contributed by atoms with Gasteiger partial charge >= 0.3 is 6.03 Å². The second-order valence-electron chi connectivity index (χ2n) is 16.8. The van der Waals surface area contributed by atoms with E-state index < -0.39 is 67.8 Å². The summed E-state index contributed by atoms with van der Waals surface area (Å²) < 4.78 is 26.8. The highest BCUT2D eigenvalue weighted by atomic mass is 32.2. The lowest BCUT2D eigenvalue weighted by Crippen LogP contribution is -2.66.